The van der Waals surface area contributed by atoms with Crippen molar-refractivity contribution in [2.75, 3.05) is 7.05 Å². The molecule has 1 fully saturated rings. The number of hydrogen-bond donors (Lipinski definition) is 0. The maximum Gasteiger partial charge on any atom is 0.151 e. The number of hydrogen-bond acceptors (Lipinski definition) is 3. The molecule has 24 heavy (non-hydrogen) atoms. The Kier molecular flexibility index (Phi) is 5.32. The number of ketones is 2. The van der Waals surface area contributed by atoms with Gasteiger partial charge in [-0.05, 0) is 57.7 Å². The zero-order chi connectivity index (χ0) is 18.2. The number of benzene rings is 1. The second-order valence-corrected chi connectivity index (χ2v) is 7.49. The largest absolute Gasteiger partial charge is 0.376 e. The third kappa shape index (κ3) is 3.45. The molecule has 0 amide bonds. The minimum absolute atomic E-state index is 0.0556. The van der Waals surface area contributed by atoms with Gasteiger partial charge in [-0.25, -0.2) is 0 Å². The van der Waals surface area contributed by atoms with Gasteiger partial charge >= 0.3 is 0 Å². The molecule has 1 aromatic rings. The van der Waals surface area contributed by atoms with Gasteiger partial charge in [0.2, 0.25) is 0 Å². The van der Waals surface area contributed by atoms with Crippen LogP contribution in [0, 0.1) is 26.7 Å². The van der Waals surface area contributed by atoms with Gasteiger partial charge < -0.3 is 4.90 Å². The zero-order valence-electron chi connectivity index (χ0n) is 15.8. The summed E-state index contributed by atoms with van der Waals surface area (Å²) in [7, 11) is 1.99. The molecule has 0 N–H and O–H groups in total. The molecule has 1 aliphatic carbocycles. The van der Waals surface area contributed by atoms with Gasteiger partial charge in [0.25, 0.3) is 0 Å². The third-order valence-corrected chi connectivity index (χ3v) is 5.24. The topological polar surface area (TPSA) is 37.4 Å². The summed E-state index contributed by atoms with van der Waals surface area (Å²) in [5.41, 5.74) is 5.08. The van der Waals surface area contributed by atoms with E-state index in [1.807, 2.05) is 27.8 Å². The summed E-state index contributed by atoms with van der Waals surface area (Å²) in [5.74, 6) is -0.711. The van der Waals surface area contributed by atoms with Crippen LogP contribution in [-0.4, -0.2) is 29.6 Å². The molecule has 0 heterocycles. The normalized spacial score (nSPS) is 20.8. The predicted molar refractivity (Wildman–Crippen MR) is 98.2 cm³/mol. The smallest absolute Gasteiger partial charge is 0.151 e. The molecule has 0 aromatic heterocycles. The van der Waals surface area contributed by atoms with E-state index >= 15 is 0 Å². The molecule has 2 atom stereocenters. The Morgan fingerprint density at radius 1 is 1.21 bits per heavy atom. The maximum atomic E-state index is 13.0. The Hall–Kier alpha value is -1.90. The minimum atomic E-state index is -0.590. The van der Waals surface area contributed by atoms with Crippen LogP contribution >= 0.6 is 0 Å². The molecular weight excluding hydrogens is 298 g/mol. The van der Waals surface area contributed by atoms with Crippen LogP contribution in [0.15, 0.2) is 24.4 Å². The summed E-state index contributed by atoms with van der Waals surface area (Å²) in [4.78, 5) is 27.6. The van der Waals surface area contributed by atoms with Crippen molar-refractivity contribution in [1.82, 2.24) is 4.90 Å². The highest BCUT2D eigenvalue weighted by atomic mass is 16.2. The summed E-state index contributed by atoms with van der Waals surface area (Å²) in [5, 5.41) is 0. The Balaban J connectivity index is 2.26. The highest BCUT2D eigenvalue weighted by Gasteiger charge is 2.43. The molecule has 1 saturated carbocycles. The second-order valence-electron chi connectivity index (χ2n) is 7.49. The third-order valence-electron chi connectivity index (χ3n) is 5.24. The summed E-state index contributed by atoms with van der Waals surface area (Å²) in [6, 6.07) is 4.45. The summed E-state index contributed by atoms with van der Waals surface area (Å²) >= 11 is 0. The molecule has 1 aromatic carbocycles. The fraction of sp³-hybridized carbons (Fsp3) is 0.524. The van der Waals surface area contributed by atoms with E-state index in [2.05, 4.69) is 37.5 Å². The van der Waals surface area contributed by atoms with Crippen LogP contribution in [0.2, 0.25) is 0 Å². The summed E-state index contributed by atoms with van der Waals surface area (Å²) in [6.07, 6.45) is 0.904. The van der Waals surface area contributed by atoms with Crippen molar-refractivity contribution in [3.63, 3.8) is 0 Å². The minimum Gasteiger partial charge on any atom is -0.376 e. The van der Waals surface area contributed by atoms with E-state index in [0.29, 0.717) is 18.9 Å². The van der Waals surface area contributed by atoms with Gasteiger partial charge in [0.1, 0.15) is 11.7 Å². The number of allylic oxidation sites excluding steroid dienone is 1. The van der Waals surface area contributed by atoms with Gasteiger partial charge in [0, 0.05) is 31.1 Å². The van der Waals surface area contributed by atoms with E-state index in [1.165, 1.54) is 0 Å². The van der Waals surface area contributed by atoms with Crippen molar-refractivity contribution in [3.05, 3.63) is 46.7 Å². The monoisotopic (exact) mass is 327 g/mol. The van der Waals surface area contributed by atoms with Crippen LogP contribution in [0.5, 0.6) is 0 Å². The van der Waals surface area contributed by atoms with E-state index in [0.717, 1.165) is 28.0 Å². The molecule has 1 aliphatic rings. The molecule has 3 nitrogen and oxygen atoms in total. The Morgan fingerprint density at radius 2 is 1.75 bits per heavy atom. The van der Waals surface area contributed by atoms with E-state index in [-0.39, 0.29) is 17.5 Å². The lowest BCUT2D eigenvalue weighted by Crippen LogP contribution is -2.27. The number of aryl methyl sites for hydroxylation is 3. The van der Waals surface area contributed by atoms with Gasteiger partial charge in [-0.2, -0.15) is 0 Å². The highest BCUT2D eigenvalue weighted by molar-refractivity contribution is 6.15. The molecule has 0 spiro atoms. The van der Waals surface area contributed by atoms with E-state index in [1.54, 1.807) is 0 Å². The Bertz CT molecular complexity index is 664. The lowest BCUT2D eigenvalue weighted by molar-refractivity contribution is -0.124. The molecule has 0 aliphatic heterocycles. The van der Waals surface area contributed by atoms with E-state index in [4.69, 9.17) is 0 Å². The first-order valence-electron chi connectivity index (χ1n) is 8.68. The van der Waals surface area contributed by atoms with Gasteiger partial charge in [-0.1, -0.05) is 24.3 Å². The zero-order valence-corrected chi connectivity index (χ0v) is 15.8. The van der Waals surface area contributed by atoms with Gasteiger partial charge in [-0.15, -0.1) is 0 Å². The van der Waals surface area contributed by atoms with Crippen LogP contribution in [0.4, 0.5) is 0 Å². The van der Waals surface area contributed by atoms with E-state index < -0.39 is 5.92 Å². The van der Waals surface area contributed by atoms with Crippen molar-refractivity contribution < 1.29 is 9.59 Å². The van der Waals surface area contributed by atoms with Crippen LogP contribution in [0.25, 0.3) is 0 Å². The number of rotatable bonds is 5. The quantitative estimate of drug-likeness (QED) is 0.764. The molecule has 3 heteroatoms. The summed E-state index contributed by atoms with van der Waals surface area (Å²) < 4.78 is 0. The average Bonchev–Trinajstić information content (AvgIpc) is 2.73. The standard InChI is InChI=1S/C21H29NO2/c1-12(2)22(7)16(6)10-17-11-18(23)20(21(17)24)19-14(4)8-13(3)9-15(19)5/h8-9,12,17,20H,6,10-11H2,1-5,7H3. The van der Waals surface area contributed by atoms with Crippen molar-refractivity contribution in [2.24, 2.45) is 5.92 Å². The number of Topliss-reactive ketones (excluding diaryl/α,β-unsaturated/α-hetero) is 2. The Labute approximate surface area is 145 Å². The fourth-order valence-corrected chi connectivity index (χ4v) is 3.77. The molecule has 0 radical (unpaired) electrons. The highest BCUT2D eigenvalue weighted by Crippen LogP contribution is 2.38. The van der Waals surface area contributed by atoms with Gasteiger partial charge in [0.15, 0.2) is 5.78 Å². The molecule has 2 unspecified atom stereocenters. The van der Waals surface area contributed by atoms with Crippen molar-refractivity contribution in [2.45, 2.75) is 59.4 Å². The molecule has 130 valence electrons. The average molecular weight is 327 g/mol. The number of nitrogens with zero attached hydrogens (tertiary/aromatic N) is 1. The first-order chi connectivity index (χ1) is 11.1. The first kappa shape index (κ1) is 18.4. The van der Waals surface area contributed by atoms with Crippen molar-refractivity contribution >= 4 is 11.6 Å². The fourth-order valence-electron chi connectivity index (χ4n) is 3.77. The molecule has 0 saturated heterocycles. The first-order valence-corrected chi connectivity index (χ1v) is 8.68. The Morgan fingerprint density at radius 3 is 2.25 bits per heavy atom. The summed E-state index contributed by atoms with van der Waals surface area (Å²) in [6.45, 7) is 14.3. The lowest BCUT2D eigenvalue weighted by Gasteiger charge is -2.27. The SMILES string of the molecule is C=C(CC1CC(=O)C(c2c(C)cc(C)cc2C)C1=O)N(C)C(C)C. The second kappa shape index (κ2) is 6.92. The van der Waals surface area contributed by atoms with Crippen LogP contribution in [0.1, 0.15) is 54.9 Å². The molecule has 0 bridgehead atoms. The van der Waals surface area contributed by atoms with Gasteiger partial charge in [-0.3, -0.25) is 9.59 Å². The van der Waals surface area contributed by atoms with E-state index in [9.17, 15) is 9.59 Å². The van der Waals surface area contributed by atoms with Crippen molar-refractivity contribution in [3.8, 4) is 0 Å². The molecular formula is C21H29NO2. The number of carbonyl (C=O) groups excluding carboxylic acids is 2. The lowest BCUT2D eigenvalue weighted by atomic mass is 9.86. The van der Waals surface area contributed by atoms with Crippen LogP contribution < -0.4 is 0 Å². The number of carbonyl (C=O) groups is 2. The van der Waals surface area contributed by atoms with Crippen molar-refractivity contribution in [1.29, 1.82) is 0 Å². The molecule has 2 rings (SSSR count). The maximum absolute atomic E-state index is 13.0. The predicted octanol–water partition coefficient (Wildman–Crippen LogP) is 4.10. The van der Waals surface area contributed by atoms with Gasteiger partial charge in [0.05, 0.1) is 0 Å². The van der Waals surface area contributed by atoms with Crippen LogP contribution in [0.3, 0.4) is 0 Å². The van der Waals surface area contributed by atoms with Crippen LogP contribution in [-0.2, 0) is 9.59 Å².